The maximum Gasteiger partial charge on any atom is 0.424 e. The molecule has 0 bridgehead atoms. The SMILES string of the molecule is CCOP(=O)(Cl)OCC.O. The third kappa shape index (κ3) is 6.52. The lowest BCUT2D eigenvalue weighted by molar-refractivity contribution is 0.235. The lowest BCUT2D eigenvalue weighted by Crippen LogP contribution is -1.88. The van der Waals surface area contributed by atoms with Crippen molar-refractivity contribution >= 4 is 18.2 Å². The molecule has 0 spiro atoms. The first-order valence-electron chi connectivity index (χ1n) is 2.71. The predicted octanol–water partition coefficient (Wildman–Crippen LogP) is 1.58. The Balaban J connectivity index is 0. The maximum absolute atomic E-state index is 10.7. The molecule has 0 saturated carbocycles. The summed E-state index contributed by atoms with van der Waals surface area (Å²) in [5.41, 5.74) is 0. The summed E-state index contributed by atoms with van der Waals surface area (Å²) < 4.78 is 19.9. The van der Waals surface area contributed by atoms with Gasteiger partial charge in [-0.25, -0.2) is 4.57 Å². The summed E-state index contributed by atoms with van der Waals surface area (Å²) in [6.45, 7) is 0.797. The van der Waals surface area contributed by atoms with Gasteiger partial charge in [0.1, 0.15) is 0 Å². The van der Waals surface area contributed by atoms with Crippen LogP contribution in [-0.4, -0.2) is 18.7 Å². The molecule has 0 amide bonds. The van der Waals surface area contributed by atoms with E-state index in [1.54, 1.807) is 13.8 Å². The molecule has 0 aliphatic carbocycles. The van der Waals surface area contributed by atoms with Crippen molar-refractivity contribution in [2.24, 2.45) is 0 Å². The molecular formula is C4H12ClO4P. The lowest BCUT2D eigenvalue weighted by Gasteiger charge is -2.06. The van der Waals surface area contributed by atoms with Gasteiger partial charge in [0.2, 0.25) is 0 Å². The summed E-state index contributed by atoms with van der Waals surface area (Å²) in [4.78, 5) is 0. The van der Waals surface area contributed by atoms with Crippen LogP contribution in [0.15, 0.2) is 0 Å². The number of hydrogen-bond acceptors (Lipinski definition) is 3. The fraction of sp³-hybridized carbons (Fsp3) is 1.00. The Bertz CT molecular complexity index is 108. The van der Waals surface area contributed by atoms with Gasteiger partial charge in [0, 0.05) is 11.2 Å². The van der Waals surface area contributed by atoms with Gasteiger partial charge in [-0.1, -0.05) is 0 Å². The fourth-order valence-electron chi connectivity index (χ4n) is 0.346. The minimum atomic E-state index is -3.22. The van der Waals surface area contributed by atoms with E-state index < -0.39 is 6.95 Å². The van der Waals surface area contributed by atoms with Crippen molar-refractivity contribution in [1.82, 2.24) is 0 Å². The molecule has 0 aliphatic heterocycles. The first-order valence-corrected chi connectivity index (χ1v) is 5.16. The average Bonchev–Trinajstić information content (AvgIpc) is 1.64. The average molecular weight is 191 g/mol. The molecule has 0 aliphatic rings. The Kier molecular flexibility index (Phi) is 7.99. The summed E-state index contributed by atoms with van der Waals surface area (Å²) in [5.74, 6) is 0. The van der Waals surface area contributed by atoms with Crippen molar-refractivity contribution in [1.29, 1.82) is 0 Å². The van der Waals surface area contributed by atoms with Crippen LogP contribution in [0.4, 0.5) is 0 Å². The van der Waals surface area contributed by atoms with Crippen LogP contribution in [0.5, 0.6) is 0 Å². The van der Waals surface area contributed by atoms with Gasteiger partial charge in [-0.2, -0.15) is 0 Å². The van der Waals surface area contributed by atoms with E-state index in [0.29, 0.717) is 13.2 Å². The quantitative estimate of drug-likeness (QED) is 0.632. The second-order valence-corrected chi connectivity index (χ2v) is 3.89. The summed E-state index contributed by atoms with van der Waals surface area (Å²) in [7, 11) is 0. The highest BCUT2D eigenvalue weighted by Gasteiger charge is 2.17. The smallest absolute Gasteiger partial charge is 0.412 e. The highest BCUT2D eigenvalue weighted by atomic mass is 35.7. The van der Waals surface area contributed by atoms with Crippen molar-refractivity contribution in [2.45, 2.75) is 13.8 Å². The van der Waals surface area contributed by atoms with Gasteiger partial charge in [0.25, 0.3) is 0 Å². The zero-order chi connectivity index (χ0) is 7.33. The Labute approximate surface area is 65.1 Å². The molecule has 0 aromatic heterocycles. The van der Waals surface area contributed by atoms with E-state index in [0.717, 1.165) is 0 Å². The minimum absolute atomic E-state index is 0. The summed E-state index contributed by atoms with van der Waals surface area (Å²) >= 11 is 5.25. The third-order valence-electron chi connectivity index (χ3n) is 0.567. The fourth-order valence-corrected chi connectivity index (χ4v) is 1.62. The maximum atomic E-state index is 10.7. The Morgan fingerprint density at radius 3 is 1.80 bits per heavy atom. The van der Waals surface area contributed by atoms with Crippen molar-refractivity contribution in [2.75, 3.05) is 13.2 Å². The molecule has 10 heavy (non-hydrogen) atoms. The largest absolute Gasteiger partial charge is 0.424 e. The van der Waals surface area contributed by atoms with Crippen LogP contribution < -0.4 is 0 Å². The molecule has 0 radical (unpaired) electrons. The van der Waals surface area contributed by atoms with Gasteiger partial charge in [-0.15, -0.1) is 0 Å². The van der Waals surface area contributed by atoms with E-state index in [1.807, 2.05) is 0 Å². The van der Waals surface area contributed by atoms with Gasteiger partial charge in [-0.3, -0.25) is 9.05 Å². The van der Waals surface area contributed by atoms with Gasteiger partial charge in [-0.05, 0) is 13.8 Å². The highest BCUT2D eigenvalue weighted by Crippen LogP contribution is 2.53. The van der Waals surface area contributed by atoms with Crippen LogP contribution in [0.25, 0.3) is 0 Å². The number of halogens is 1. The molecular weight excluding hydrogens is 178 g/mol. The van der Waals surface area contributed by atoms with Crippen LogP contribution in [0, 0.1) is 0 Å². The van der Waals surface area contributed by atoms with Crippen molar-refractivity contribution in [3.8, 4) is 0 Å². The van der Waals surface area contributed by atoms with Crippen LogP contribution in [0.3, 0.4) is 0 Å². The van der Waals surface area contributed by atoms with Gasteiger partial charge < -0.3 is 5.48 Å². The van der Waals surface area contributed by atoms with E-state index in [1.165, 1.54) is 0 Å². The van der Waals surface area contributed by atoms with Crippen LogP contribution in [0.1, 0.15) is 13.8 Å². The predicted molar refractivity (Wildman–Crippen MR) is 40.3 cm³/mol. The van der Waals surface area contributed by atoms with Crippen molar-refractivity contribution in [3.63, 3.8) is 0 Å². The van der Waals surface area contributed by atoms with Gasteiger partial charge in [0.15, 0.2) is 0 Å². The van der Waals surface area contributed by atoms with E-state index in [4.69, 9.17) is 11.2 Å². The molecule has 0 aromatic carbocycles. The normalized spacial score (nSPS) is 10.7. The van der Waals surface area contributed by atoms with Crippen molar-refractivity contribution in [3.05, 3.63) is 0 Å². The Morgan fingerprint density at radius 2 is 1.60 bits per heavy atom. The van der Waals surface area contributed by atoms with Crippen LogP contribution >= 0.6 is 18.2 Å². The first-order chi connectivity index (χ1) is 4.12. The summed E-state index contributed by atoms with van der Waals surface area (Å²) in [6, 6.07) is 0. The lowest BCUT2D eigenvalue weighted by atomic mass is 10.9. The first kappa shape index (κ1) is 13.0. The zero-order valence-electron chi connectivity index (χ0n) is 5.96. The zero-order valence-corrected chi connectivity index (χ0v) is 7.61. The van der Waals surface area contributed by atoms with Crippen LogP contribution in [0.2, 0.25) is 0 Å². The Morgan fingerprint density at radius 1 is 1.30 bits per heavy atom. The van der Waals surface area contributed by atoms with Crippen LogP contribution in [-0.2, 0) is 13.6 Å². The van der Waals surface area contributed by atoms with E-state index in [-0.39, 0.29) is 5.48 Å². The molecule has 64 valence electrons. The molecule has 2 N–H and O–H groups in total. The van der Waals surface area contributed by atoms with E-state index >= 15 is 0 Å². The number of hydrogen-bond donors (Lipinski definition) is 0. The molecule has 0 unspecified atom stereocenters. The second-order valence-electron chi connectivity index (χ2n) is 1.27. The molecule has 0 atom stereocenters. The molecule has 0 rings (SSSR count). The number of rotatable bonds is 4. The van der Waals surface area contributed by atoms with Gasteiger partial charge in [0.05, 0.1) is 13.2 Å². The molecule has 0 aromatic rings. The molecule has 4 nitrogen and oxygen atoms in total. The topological polar surface area (TPSA) is 67.0 Å². The molecule has 0 heterocycles. The third-order valence-corrected chi connectivity index (χ3v) is 2.29. The second kappa shape index (κ2) is 6.13. The molecule has 0 fully saturated rings. The van der Waals surface area contributed by atoms with Crippen molar-refractivity contribution < 1.29 is 19.1 Å². The highest BCUT2D eigenvalue weighted by molar-refractivity contribution is 7.81. The standard InChI is InChI=1S/C4H10ClO3P.H2O/c1-3-7-9(5,6)8-4-2;/h3-4H2,1-2H3;1H2. The van der Waals surface area contributed by atoms with E-state index in [2.05, 4.69) is 9.05 Å². The summed E-state index contributed by atoms with van der Waals surface area (Å²) in [6.07, 6.45) is 0. The minimum Gasteiger partial charge on any atom is -0.412 e. The molecule has 0 saturated heterocycles. The van der Waals surface area contributed by atoms with Gasteiger partial charge >= 0.3 is 6.95 Å². The molecule has 6 heteroatoms. The Hall–Kier alpha value is 0.400. The van der Waals surface area contributed by atoms with E-state index in [9.17, 15) is 4.57 Å². The summed E-state index contributed by atoms with van der Waals surface area (Å²) in [5, 5.41) is 0. The monoisotopic (exact) mass is 190 g/mol.